The lowest BCUT2D eigenvalue weighted by atomic mass is 10.1. The van der Waals surface area contributed by atoms with Gasteiger partial charge in [0.25, 0.3) is 5.56 Å². The maximum absolute atomic E-state index is 12.3. The van der Waals surface area contributed by atoms with E-state index in [0.717, 1.165) is 0 Å². The summed E-state index contributed by atoms with van der Waals surface area (Å²) in [6.07, 6.45) is 3.41. The Morgan fingerprint density at radius 1 is 1.35 bits per heavy atom. The quantitative estimate of drug-likeness (QED) is 0.795. The Morgan fingerprint density at radius 3 is 2.60 bits per heavy atom. The van der Waals surface area contributed by atoms with Crippen LogP contribution in [0, 0.1) is 11.8 Å². The third kappa shape index (κ3) is 4.96. The van der Waals surface area contributed by atoms with Gasteiger partial charge >= 0.3 is 0 Å². The molecule has 5 nitrogen and oxygen atoms in total. The average Bonchev–Trinajstić information content (AvgIpc) is 2.37. The normalized spacial score (nSPS) is 12.9. The summed E-state index contributed by atoms with van der Waals surface area (Å²) >= 11 is 0. The van der Waals surface area contributed by atoms with Crippen molar-refractivity contribution in [3.05, 3.63) is 22.7 Å². The molecule has 0 aliphatic carbocycles. The number of aromatic nitrogens is 2. The monoisotopic (exact) mass is 281 g/mol. The van der Waals surface area contributed by atoms with Crippen molar-refractivity contribution in [2.24, 2.45) is 11.8 Å². The van der Waals surface area contributed by atoms with Gasteiger partial charge in [0, 0.05) is 25.5 Å². The van der Waals surface area contributed by atoms with E-state index in [0.29, 0.717) is 37.4 Å². The Morgan fingerprint density at radius 2 is 2.05 bits per heavy atom. The summed E-state index contributed by atoms with van der Waals surface area (Å²) in [4.78, 5) is 16.5. The highest BCUT2D eigenvalue weighted by Crippen LogP contribution is 2.08. The lowest BCUT2D eigenvalue weighted by Crippen LogP contribution is -2.35. The van der Waals surface area contributed by atoms with Gasteiger partial charge in [-0.25, -0.2) is 4.98 Å². The summed E-state index contributed by atoms with van der Waals surface area (Å²) in [5.74, 6) is 1.19. The topological polar surface area (TPSA) is 56.1 Å². The Labute approximate surface area is 121 Å². The van der Waals surface area contributed by atoms with Crippen LogP contribution in [0.2, 0.25) is 0 Å². The molecule has 1 heterocycles. The minimum absolute atomic E-state index is 0.0663. The van der Waals surface area contributed by atoms with Crippen LogP contribution in [0.5, 0.6) is 0 Å². The van der Waals surface area contributed by atoms with Crippen molar-refractivity contribution >= 4 is 5.82 Å². The lowest BCUT2D eigenvalue weighted by Gasteiger charge is -2.22. The van der Waals surface area contributed by atoms with Crippen molar-refractivity contribution in [2.45, 2.75) is 47.2 Å². The van der Waals surface area contributed by atoms with Crippen LogP contribution in [0.1, 0.15) is 34.6 Å². The van der Waals surface area contributed by atoms with E-state index in [-0.39, 0.29) is 11.6 Å². The van der Waals surface area contributed by atoms with Gasteiger partial charge in [0.1, 0.15) is 0 Å². The van der Waals surface area contributed by atoms with Gasteiger partial charge in [0.2, 0.25) is 0 Å². The third-order valence-corrected chi connectivity index (χ3v) is 3.10. The first-order valence-electron chi connectivity index (χ1n) is 7.35. The summed E-state index contributed by atoms with van der Waals surface area (Å²) in [6, 6.07) is 0.0880. The van der Waals surface area contributed by atoms with Crippen molar-refractivity contribution in [3.8, 4) is 0 Å². The smallest absolute Gasteiger partial charge is 0.293 e. The molecule has 1 atom stereocenters. The SMILES string of the molecule is CCOCC(Nc1nccn(CC(C)C)c1=O)C(C)C. The second-order valence-corrected chi connectivity index (χ2v) is 5.78. The van der Waals surface area contributed by atoms with Crippen LogP contribution in [0.15, 0.2) is 17.2 Å². The molecule has 0 aliphatic rings. The van der Waals surface area contributed by atoms with E-state index < -0.39 is 0 Å². The standard InChI is InChI=1S/C15H27N3O2/c1-6-20-10-13(12(4)5)17-14-15(19)18(8-7-16-14)9-11(2)3/h7-8,11-13H,6,9-10H2,1-5H3,(H,16,17). The summed E-state index contributed by atoms with van der Waals surface area (Å²) < 4.78 is 7.17. The molecule has 0 saturated heterocycles. The van der Waals surface area contributed by atoms with Crippen molar-refractivity contribution in [1.82, 2.24) is 9.55 Å². The molecule has 0 aliphatic heterocycles. The van der Waals surface area contributed by atoms with E-state index in [2.05, 4.69) is 38.0 Å². The second-order valence-electron chi connectivity index (χ2n) is 5.78. The zero-order valence-electron chi connectivity index (χ0n) is 13.2. The van der Waals surface area contributed by atoms with E-state index in [1.807, 2.05) is 6.92 Å². The molecule has 0 bridgehead atoms. The van der Waals surface area contributed by atoms with Gasteiger partial charge in [-0.3, -0.25) is 4.79 Å². The Bertz CT molecular complexity index is 455. The van der Waals surface area contributed by atoms with Gasteiger partial charge in [0.05, 0.1) is 12.6 Å². The number of anilines is 1. The number of ether oxygens (including phenoxy) is 1. The molecule has 0 fully saturated rings. The van der Waals surface area contributed by atoms with Crippen LogP contribution in [0.3, 0.4) is 0 Å². The fourth-order valence-electron chi connectivity index (χ4n) is 1.90. The predicted octanol–water partition coefficient (Wildman–Crippen LogP) is 2.37. The Kier molecular flexibility index (Phi) is 6.71. The molecule has 20 heavy (non-hydrogen) atoms. The maximum atomic E-state index is 12.3. The first-order valence-corrected chi connectivity index (χ1v) is 7.35. The Balaban J connectivity index is 2.87. The van der Waals surface area contributed by atoms with Gasteiger partial charge in [0.15, 0.2) is 5.82 Å². The van der Waals surface area contributed by atoms with E-state index in [1.165, 1.54) is 0 Å². The summed E-state index contributed by atoms with van der Waals surface area (Å²) in [6.45, 7) is 12.3. The lowest BCUT2D eigenvalue weighted by molar-refractivity contribution is 0.126. The predicted molar refractivity (Wildman–Crippen MR) is 82.1 cm³/mol. The molecule has 0 amide bonds. The van der Waals surface area contributed by atoms with Crippen molar-refractivity contribution < 1.29 is 4.74 Å². The summed E-state index contributed by atoms with van der Waals surface area (Å²) in [5, 5.41) is 3.23. The highest BCUT2D eigenvalue weighted by molar-refractivity contribution is 5.32. The molecule has 0 aromatic carbocycles. The van der Waals surface area contributed by atoms with Gasteiger partial charge in [-0.15, -0.1) is 0 Å². The molecule has 1 unspecified atom stereocenters. The summed E-state index contributed by atoms with van der Waals surface area (Å²) in [5.41, 5.74) is -0.0663. The molecule has 5 heteroatoms. The second kappa shape index (κ2) is 8.04. The van der Waals surface area contributed by atoms with Crippen LogP contribution in [0.4, 0.5) is 5.82 Å². The third-order valence-electron chi connectivity index (χ3n) is 3.10. The van der Waals surface area contributed by atoms with E-state index in [9.17, 15) is 4.79 Å². The molecule has 1 rings (SSSR count). The minimum Gasteiger partial charge on any atom is -0.380 e. The molecule has 1 N–H and O–H groups in total. The van der Waals surface area contributed by atoms with E-state index >= 15 is 0 Å². The molecule has 0 spiro atoms. The molecule has 1 aromatic heterocycles. The highest BCUT2D eigenvalue weighted by Gasteiger charge is 2.16. The first-order chi connectivity index (χ1) is 9.45. The number of nitrogens with zero attached hydrogens (tertiary/aromatic N) is 2. The van der Waals surface area contributed by atoms with Crippen molar-refractivity contribution in [1.29, 1.82) is 0 Å². The largest absolute Gasteiger partial charge is 0.380 e. The fraction of sp³-hybridized carbons (Fsp3) is 0.733. The van der Waals surface area contributed by atoms with Gasteiger partial charge in [-0.2, -0.15) is 0 Å². The van der Waals surface area contributed by atoms with Crippen LogP contribution in [-0.2, 0) is 11.3 Å². The van der Waals surface area contributed by atoms with Gasteiger partial charge < -0.3 is 14.6 Å². The highest BCUT2D eigenvalue weighted by atomic mass is 16.5. The molecule has 0 radical (unpaired) electrons. The van der Waals surface area contributed by atoms with Crippen molar-refractivity contribution in [2.75, 3.05) is 18.5 Å². The average molecular weight is 281 g/mol. The number of nitrogens with one attached hydrogen (secondary N) is 1. The molecule has 0 saturated carbocycles. The van der Waals surface area contributed by atoms with Crippen molar-refractivity contribution in [3.63, 3.8) is 0 Å². The number of hydrogen-bond acceptors (Lipinski definition) is 4. The van der Waals surface area contributed by atoms with Crippen LogP contribution in [0.25, 0.3) is 0 Å². The number of hydrogen-bond donors (Lipinski definition) is 1. The maximum Gasteiger partial charge on any atom is 0.293 e. The Hall–Kier alpha value is -1.36. The van der Waals surface area contributed by atoms with Gasteiger partial charge in [-0.1, -0.05) is 27.7 Å². The molecular weight excluding hydrogens is 254 g/mol. The molecular formula is C15H27N3O2. The van der Waals surface area contributed by atoms with E-state index in [4.69, 9.17) is 4.74 Å². The zero-order chi connectivity index (χ0) is 15.1. The van der Waals surface area contributed by atoms with Crippen LogP contribution < -0.4 is 10.9 Å². The first kappa shape index (κ1) is 16.7. The van der Waals surface area contributed by atoms with E-state index in [1.54, 1.807) is 17.0 Å². The zero-order valence-corrected chi connectivity index (χ0v) is 13.2. The van der Waals surface area contributed by atoms with Crippen LogP contribution >= 0.6 is 0 Å². The van der Waals surface area contributed by atoms with Crippen LogP contribution in [-0.4, -0.2) is 28.8 Å². The number of rotatable bonds is 8. The van der Waals surface area contributed by atoms with Gasteiger partial charge in [-0.05, 0) is 18.8 Å². The minimum atomic E-state index is -0.0663. The summed E-state index contributed by atoms with van der Waals surface area (Å²) in [7, 11) is 0. The molecule has 1 aromatic rings. The molecule has 114 valence electrons. The fourth-order valence-corrected chi connectivity index (χ4v) is 1.90.